The molecule has 0 atom stereocenters. The van der Waals surface area contributed by atoms with Crippen LogP contribution in [0.2, 0.25) is 0 Å². The zero-order chi connectivity index (χ0) is 23.7. The number of hydrogen-bond donors (Lipinski definition) is 0. The molecular weight excluding hydrogens is 448 g/mol. The molecule has 168 valence electrons. The van der Waals surface area contributed by atoms with Gasteiger partial charge in [0.2, 0.25) is 0 Å². The molecule has 0 aliphatic rings. The van der Waals surface area contributed by atoms with Crippen LogP contribution >= 0.6 is 0 Å². The van der Waals surface area contributed by atoms with Crippen molar-refractivity contribution in [1.82, 2.24) is 0 Å². The number of nitrogens with zero attached hydrogens (tertiary/aromatic N) is 2. The Balaban J connectivity index is 2.13. The Morgan fingerprint density at radius 3 is 1.44 bits per heavy atom. The first-order valence-corrected chi connectivity index (χ1v) is 12.6. The largest absolute Gasteiger partial charge is 0.298 e. The normalized spacial score (nSPS) is 11.8. The number of carbonyl (C=O) groups is 1. The van der Waals surface area contributed by atoms with Crippen molar-refractivity contribution in [1.29, 1.82) is 0 Å². The second kappa shape index (κ2) is 8.76. The molecule has 0 unspecified atom stereocenters. The molecule has 0 heterocycles. The van der Waals surface area contributed by atoms with Crippen LogP contribution in [0.3, 0.4) is 0 Å². The number of benzene rings is 3. The van der Waals surface area contributed by atoms with Crippen LogP contribution in [0.4, 0.5) is 11.4 Å². The van der Waals surface area contributed by atoms with E-state index in [9.17, 15) is 21.6 Å². The molecule has 0 spiro atoms. The minimum absolute atomic E-state index is 0.0529. The predicted molar refractivity (Wildman–Crippen MR) is 125 cm³/mol. The van der Waals surface area contributed by atoms with Crippen molar-refractivity contribution < 1.29 is 21.6 Å². The SMILES string of the molecule is Cc1ccc(S(=O)(=O)N(C)c2ccc(C=O)cc2N(C)S(=O)(=O)c2ccc(C)cc2)cc1. The van der Waals surface area contributed by atoms with E-state index in [-0.39, 0.29) is 26.7 Å². The van der Waals surface area contributed by atoms with Gasteiger partial charge >= 0.3 is 0 Å². The Morgan fingerprint density at radius 2 is 1.03 bits per heavy atom. The van der Waals surface area contributed by atoms with Gasteiger partial charge in [-0.05, 0) is 56.3 Å². The van der Waals surface area contributed by atoms with Gasteiger partial charge in [0, 0.05) is 19.7 Å². The fourth-order valence-electron chi connectivity index (χ4n) is 3.13. The van der Waals surface area contributed by atoms with Crippen molar-refractivity contribution in [3.05, 3.63) is 83.4 Å². The van der Waals surface area contributed by atoms with E-state index in [1.165, 1.54) is 56.6 Å². The summed E-state index contributed by atoms with van der Waals surface area (Å²) < 4.78 is 54.9. The lowest BCUT2D eigenvalue weighted by atomic mass is 10.2. The van der Waals surface area contributed by atoms with Crippen LogP contribution in [-0.2, 0) is 20.0 Å². The molecular formula is C23H24N2O5S2. The van der Waals surface area contributed by atoms with Crippen LogP contribution in [0.25, 0.3) is 0 Å². The third-order valence-electron chi connectivity index (χ3n) is 5.17. The van der Waals surface area contributed by atoms with Crippen LogP contribution in [0, 0.1) is 13.8 Å². The van der Waals surface area contributed by atoms with E-state index < -0.39 is 20.0 Å². The molecule has 0 fully saturated rings. The lowest BCUT2D eigenvalue weighted by molar-refractivity contribution is 0.112. The maximum absolute atomic E-state index is 13.2. The number of hydrogen-bond acceptors (Lipinski definition) is 5. The molecule has 0 aliphatic heterocycles. The molecule has 32 heavy (non-hydrogen) atoms. The van der Waals surface area contributed by atoms with Crippen LogP contribution in [0.1, 0.15) is 21.5 Å². The van der Waals surface area contributed by atoms with Gasteiger partial charge in [-0.3, -0.25) is 13.4 Å². The third kappa shape index (κ3) is 4.39. The monoisotopic (exact) mass is 472 g/mol. The number of aryl methyl sites for hydroxylation is 2. The summed E-state index contributed by atoms with van der Waals surface area (Å²) in [5.41, 5.74) is 2.21. The number of aldehydes is 1. The fourth-order valence-corrected chi connectivity index (χ4v) is 5.54. The smallest absolute Gasteiger partial charge is 0.264 e. The molecule has 9 heteroatoms. The van der Waals surface area contributed by atoms with Crippen LogP contribution in [-0.4, -0.2) is 37.2 Å². The van der Waals surface area contributed by atoms with Gasteiger partial charge in [-0.1, -0.05) is 35.4 Å². The Hall–Kier alpha value is -3.17. The number of anilines is 2. The highest BCUT2D eigenvalue weighted by Crippen LogP contribution is 2.35. The van der Waals surface area contributed by atoms with Crippen LogP contribution in [0.5, 0.6) is 0 Å². The fraction of sp³-hybridized carbons (Fsp3) is 0.174. The first kappa shape index (κ1) is 23.5. The van der Waals surface area contributed by atoms with Gasteiger partial charge < -0.3 is 0 Å². The summed E-state index contributed by atoms with van der Waals surface area (Å²) in [5.74, 6) is 0. The first-order chi connectivity index (χ1) is 15.0. The quantitative estimate of drug-likeness (QED) is 0.488. The van der Waals surface area contributed by atoms with Gasteiger partial charge in [0.05, 0.1) is 21.2 Å². The van der Waals surface area contributed by atoms with E-state index in [2.05, 4.69) is 0 Å². The summed E-state index contributed by atoms with van der Waals surface area (Å²) in [4.78, 5) is 11.5. The molecule has 0 radical (unpaired) electrons. The van der Waals surface area contributed by atoms with E-state index in [1.54, 1.807) is 24.3 Å². The highest BCUT2D eigenvalue weighted by molar-refractivity contribution is 7.93. The maximum atomic E-state index is 13.2. The van der Waals surface area contributed by atoms with Crippen molar-refractivity contribution in [3.8, 4) is 0 Å². The van der Waals surface area contributed by atoms with Gasteiger partial charge in [-0.15, -0.1) is 0 Å². The van der Waals surface area contributed by atoms with Crippen LogP contribution in [0.15, 0.2) is 76.5 Å². The van der Waals surface area contributed by atoms with Crippen molar-refractivity contribution in [2.24, 2.45) is 0 Å². The number of carbonyl (C=O) groups excluding carboxylic acids is 1. The summed E-state index contributed by atoms with van der Waals surface area (Å²) in [5, 5.41) is 0. The summed E-state index contributed by atoms with van der Waals surface area (Å²) in [6.07, 6.45) is 0.577. The van der Waals surface area contributed by atoms with Gasteiger partial charge in [-0.25, -0.2) is 16.8 Å². The van der Waals surface area contributed by atoms with Gasteiger partial charge in [0.1, 0.15) is 6.29 Å². The average molecular weight is 473 g/mol. The molecule has 0 bridgehead atoms. The molecule has 7 nitrogen and oxygen atoms in total. The highest BCUT2D eigenvalue weighted by atomic mass is 32.2. The molecule has 0 N–H and O–H groups in total. The third-order valence-corrected chi connectivity index (χ3v) is 8.74. The highest BCUT2D eigenvalue weighted by Gasteiger charge is 2.29. The lowest BCUT2D eigenvalue weighted by Gasteiger charge is -2.27. The van der Waals surface area contributed by atoms with Crippen molar-refractivity contribution in [2.75, 3.05) is 22.7 Å². The Labute approximate surface area is 189 Å². The Morgan fingerprint density at radius 1 is 0.625 bits per heavy atom. The lowest BCUT2D eigenvalue weighted by Crippen LogP contribution is -2.32. The second-order valence-corrected chi connectivity index (χ2v) is 11.4. The molecule has 0 aromatic heterocycles. The van der Waals surface area contributed by atoms with Gasteiger partial charge in [-0.2, -0.15) is 0 Å². The predicted octanol–water partition coefficient (Wildman–Crippen LogP) is 3.77. The minimum Gasteiger partial charge on any atom is -0.298 e. The van der Waals surface area contributed by atoms with E-state index in [1.807, 2.05) is 13.8 Å². The Bertz CT molecular complexity index is 1350. The van der Waals surface area contributed by atoms with Gasteiger partial charge in [0.15, 0.2) is 0 Å². The molecule has 3 rings (SSSR count). The standard InChI is InChI=1S/C23H24N2O5S2/c1-17-5-10-20(11-6-17)31(27,28)24(3)22-14-9-19(16-26)15-23(22)25(4)32(29,30)21-12-7-18(2)8-13-21/h5-16H,1-4H3. The van der Waals surface area contributed by atoms with E-state index in [0.29, 0.717) is 6.29 Å². The zero-order valence-corrected chi connectivity index (χ0v) is 19.8. The van der Waals surface area contributed by atoms with Crippen molar-refractivity contribution in [3.63, 3.8) is 0 Å². The number of sulfonamides is 2. The molecule has 0 saturated heterocycles. The zero-order valence-electron chi connectivity index (χ0n) is 18.2. The molecule has 3 aromatic rings. The summed E-state index contributed by atoms with van der Waals surface area (Å²) in [7, 11) is -5.31. The van der Waals surface area contributed by atoms with Crippen LogP contribution < -0.4 is 8.61 Å². The molecule has 0 saturated carbocycles. The van der Waals surface area contributed by atoms with E-state index in [4.69, 9.17) is 0 Å². The van der Waals surface area contributed by atoms with E-state index >= 15 is 0 Å². The second-order valence-electron chi connectivity index (χ2n) is 7.44. The number of rotatable bonds is 7. The van der Waals surface area contributed by atoms with Crippen molar-refractivity contribution >= 4 is 37.7 Å². The minimum atomic E-state index is -4.01. The Kier molecular flexibility index (Phi) is 6.43. The first-order valence-electron chi connectivity index (χ1n) is 9.69. The van der Waals surface area contributed by atoms with Crippen molar-refractivity contribution in [2.45, 2.75) is 23.6 Å². The van der Waals surface area contributed by atoms with Gasteiger partial charge in [0.25, 0.3) is 20.0 Å². The summed E-state index contributed by atoms with van der Waals surface area (Å²) >= 11 is 0. The average Bonchev–Trinajstić information content (AvgIpc) is 2.78. The molecule has 3 aromatic carbocycles. The topological polar surface area (TPSA) is 91.8 Å². The molecule has 0 aliphatic carbocycles. The van der Waals surface area contributed by atoms with E-state index in [0.717, 1.165) is 19.7 Å². The summed E-state index contributed by atoms with van der Waals surface area (Å²) in [6.45, 7) is 3.69. The molecule has 0 amide bonds. The maximum Gasteiger partial charge on any atom is 0.264 e. The summed E-state index contributed by atoms with van der Waals surface area (Å²) in [6, 6.07) is 16.9.